The summed E-state index contributed by atoms with van der Waals surface area (Å²) in [7, 11) is 3.04. The van der Waals surface area contributed by atoms with E-state index in [1.165, 1.54) is 23.9 Å². The predicted octanol–water partition coefficient (Wildman–Crippen LogP) is 0.994. The van der Waals surface area contributed by atoms with Gasteiger partial charge in [-0.1, -0.05) is 12.1 Å². The maximum Gasteiger partial charge on any atom is 0.267 e. The van der Waals surface area contributed by atoms with E-state index in [9.17, 15) is 9.90 Å². The van der Waals surface area contributed by atoms with Crippen LogP contribution in [0.3, 0.4) is 0 Å². The van der Waals surface area contributed by atoms with Crippen LogP contribution in [0.1, 0.15) is 11.7 Å². The van der Waals surface area contributed by atoms with E-state index in [0.29, 0.717) is 17.2 Å². The number of aliphatic hydroxyl groups excluding tert-OH is 1. The van der Waals surface area contributed by atoms with Gasteiger partial charge in [-0.15, -0.1) is 5.10 Å². The van der Waals surface area contributed by atoms with Gasteiger partial charge in [0.05, 0.1) is 26.9 Å². The predicted molar refractivity (Wildman–Crippen MR) is 73.0 cm³/mol. The van der Waals surface area contributed by atoms with Crippen LogP contribution >= 0.6 is 0 Å². The standard InChI is InChI=1S/C14H16N2O4/c1-19-11-5-3-10(4-6-11)12(17)9-16-14(18)8-7-13(15-16)20-2/h3-8,12,17H,9H2,1-2H3. The Balaban J connectivity index is 2.18. The highest BCUT2D eigenvalue weighted by Gasteiger charge is 2.11. The number of rotatable bonds is 5. The molecule has 106 valence electrons. The topological polar surface area (TPSA) is 73.6 Å². The molecular formula is C14H16N2O4. The Morgan fingerprint density at radius 2 is 1.85 bits per heavy atom. The van der Waals surface area contributed by atoms with Crippen LogP contribution in [0, 0.1) is 0 Å². The van der Waals surface area contributed by atoms with Crippen LogP contribution in [0.15, 0.2) is 41.2 Å². The van der Waals surface area contributed by atoms with Gasteiger partial charge in [-0.05, 0) is 17.7 Å². The Morgan fingerprint density at radius 3 is 2.45 bits per heavy atom. The molecule has 0 amide bonds. The molecule has 1 N–H and O–H groups in total. The lowest BCUT2D eigenvalue weighted by atomic mass is 10.1. The number of methoxy groups -OCH3 is 2. The molecule has 1 heterocycles. The van der Waals surface area contributed by atoms with Gasteiger partial charge < -0.3 is 14.6 Å². The molecule has 0 aliphatic carbocycles. The minimum Gasteiger partial charge on any atom is -0.497 e. The van der Waals surface area contributed by atoms with Gasteiger partial charge in [0.25, 0.3) is 5.56 Å². The van der Waals surface area contributed by atoms with Crippen molar-refractivity contribution in [3.8, 4) is 11.6 Å². The van der Waals surface area contributed by atoms with Gasteiger partial charge in [0.2, 0.25) is 5.88 Å². The number of nitrogens with zero attached hydrogens (tertiary/aromatic N) is 2. The molecule has 1 unspecified atom stereocenters. The molecule has 1 aromatic carbocycles. The van der Waals surface area contributed by atoms with Crippen LogP contribution in [-0.2, 0) is 6.54 Å². The molecule has 0 saturated carbocycles. The first kappa shape index (κ1) is 14.1. The number of benzene rings is 1. The maximum absolute atomic E-state index is 11.7. The minimum absolute atomic E-state index is 0.0579. The van der Waals surface area contributed by atoms with Crippen molar-refractivity contribution >= 4 is 0 Å². The molecule has 0 fully saturated rings. The van der Waals surface area contributed by atoms with E-state index in [4.69, 9.17) is 9.47 Å². The summed E-state index contributed by atoms with van der Waals surface area (Å²) in [4.78, 5) is 11.7. The first-order chi connectivity index (χ1) is 9.63. The Kier molecular flexibility index (Phi) is 4.37. The molecule has 6 nitrogen and oxygen atoms in total. The van der Waals surface area contributed by atoms with Crippen LogP contribution < -0.4 is 15.0 Å². The maximum atomic E-state index is 11.7. The molecule has 2 rings (SSSR count). The number of hydrogen-bond donors (Lipinski definition) is 1. The van der Waals surface area contributed by atoms with E-state index in [1.54, 1.807) is 31.4 Å². The van der Waals surface area contributed by atoms with E-state index in [2.05, 4.69) is 5.10 Å². The van der Waals surface area contributed by atoms with Gasteiger partial charge in [0.15, 0.2) is 0 Å². The third-order valence-electron chi connectivity index (χ3n) is 2.90. The Labute approximate surface area is 116 Å². The zero-order valence-electron chi connectivity index (χ0n) is 11.3. The monoisotopic (exact) mass is 276 g/mol. The fourth-order valence-corrected chi connectivity index (χ4v) is 1.77. The normalized spacial score (nSPS) is 11.9. The summed E-state index contributed by atoms with van der Waals surface area (Å²) in [6.45, 7) is 0.0579. The summed E-state index contributed by atoms with van der Waals surface area (Å²) >= 11 is 0. The average molecular weight is 276 g/mol. The van der Waals surface area contributed by atoms with Gasteiger partial charge in [-0.25, -0.2) is 4.68 Å². The van der Waals surface area contributed by atoms with Crippen LogP contribution in [0.2, 0.25) is 0 Å². The third-order valence-corrected chi connectivity index (χ3v) is 2.90. The Hall–Kier alpha value is -2.34. The fourth-order valence-electron chi connectivity index (χ4n) is 1.77. The van der Waals surface area contributed by atoms with Crippen LogP contribution in [0.4, 0.5) is 0 Å². The first-order valence-electron chi connectivity index (χ1n) is 6.08. The quantitative estimate of drug-likeness (QED) is 0.881. The third kappa shape index (κ3) is 3.16. The van der Waals surface area contributed by atoms with Crippen molar-refractivity contribution in [1.82, 2.24) is 9.78 Å². The molecule has 0 radical (unpaired) electrons. The van der Waals surface area contributed by atoms with Crippen molar-refractivity contribution in [3.05, 3.63) is 52.3 Å². The fraction of sp³-hybridized carbons (Fsp3) is 0.286. The summed E-state index contributed by atoms with van der Waals surface area (Å²) in [5, 5.41) is 14.1. The minimum atomic E-state index is -0.835. The molecule has 0 spiro atoms. The number of ether oxygens (including phenoxy) is 2. The molecule has 1 aromatic heterocycles. The summed E-state index contributed by atoms with van der Waals surface area (Å²) in [6, 6.07) is 9.83. The highest BCUT2D eigenvalue weighted by atomic mass is 16.5. The van der Waals surface area contributed by atoms with E-state index < -0.39 is 6.10 Å². The average Bonchev–Trinajstić information content (AvgIpc) is 2.49. The van der Waals surface area contributed by atoms with Crippen molar-refractivity contribution in [3.63, 3.8) is 0 Å². The molecule has 0 aliphatic rings. The zero-order valence-corrected chi connectivity index (χ0v) is 11.3. The molecule has 6 heteroatoms. The molecule has 0 aliphatic heterocycles. The van der Waals surface area contributed by atoms with Gasteiger partial charge in [-0.3, -0.25) is 4.79 Å². The van der Waals surface area contributed by atoms with Crippen molar-refractivity contribution in [2.45, 2.75) is 12.6 Å². The summed E-state index contributed by atoms with van der Waals surface area (Å²) in [5.41, 5.74) is 0.390. The van der Waals surface area contributed by atoms with Gasteiger partial charge in [0, 0.05) is 12.1 Å². The number of aliphatic hydroxyl groups is 1. The first-order valence-corrected chi connectivity index (χ1v) is 6.08. The lowest BCUT2D eigenvalue weighted by Gasteiger charge is -2.13. The van der Waals surface area contributed by atoms with Crippen molar-refractivity contribution < 1.29 is 14.6 Å². The van der Waals surface area contributed by atoms with E-state index in [-0.39, 0.29) is 12.1 Å². The largest absolute Gasteiger partial charge is 0.497 e. The molecule has 0 bridgehead atoms. The van der Waals surface area contributed by atoms with Gasteiger partial charge in [-0.2, -0.15) is 0 Å². The lowest BCUT2D eigenvalue weighted by Crippen LogP contribution is -2.25. The van der Waals surface area contributed by atoms with E-state index in [1.807, 2.05) is 0 Å². The molecule has 20 heavy (non-hydrogen) atoms. The van der Waals surface area contributed by atoms with Crippen LogP contribution in [-0.4, -0.2) is 29.1 Å². The van der Waals surface area contributed by atoms with Crippen molar-refractivity contribution in [1.29, 1.82) is 0 Å². The number of hydrogen-bond acceptors (Lipinski definition) is 5. The van der Waals surface area contributed by atoms with Crippen molar-refractivity contribution in [2.24, 2.45) is 0 Å². The SMILES string of the molecule is COc1ccc(C(O)Cn2nc(OC)ccc2=O)cc1. The number of aromatic nitrogens is 2. The highest BCUT2D eigenvalue weighted by molar-refractivity contribution is 5.28. The van der Waals surface area contributed by atoms with E-state index in [0.717, 1.165) is 0 Å². The van der Waals surface area contributed by atoms with Gasteiger partial charge >= 0.3 is 0 Å². The highest BCUT2D eigenvalue weighted by Crippen LogP contribution is 2.18. The molecule has 1 atom stereocenters. The molecule has 0 saturated heterocycles. The summed E-state index contributed by atoms with van der Waals surface area (Å²) < 4.78 is 11.2. The summed E-state index contributed by atoms with van der Waals surface area (Å²) in [6.07, 6.45) is -0.835. The van der Waals surface area contributed by atoms with Crippen LogP contribution in [0.25, 0.3) is 0 Å². The second kappa shape index (κ2) is 6.21. The van der Waals surface area contributed by atoms with Crippen LogP contribution in [0.5, 0.6) is 11.6 Å². The van der Waals surface area contributed by atoms with E-state index >= 15 is 0 Å². The van der Waals surface area contributed by atoms with Crippen molar-refractivity contribution in [2.75, 3.05) is 14.2 Å². The molecular weight excluding hydrogens is 260 g/mol. The Bertz CT molecular complexity index is 622. The Morgan fingerprint density at radius 1 is 1.15 bits per heavy atom. The molecule has 2 aromatic rings. The lowest BCUT2D eigenvalue weighted by molar-refractivity contribution is 0.148. The second-order valence-corrected chi connectivity index (χ2v) is 4.18. The van der Waals surface area contributed by atoms with Gasteiger partial charge in [0.1, 0.15) is 5.75 Å². The zero-order chi connectivity index (χ0) is 14.5. The second-order valence-electron chi connectivity index (χ2n) is 4.18. The summed E-state index contributed by atoms with van der Waals surface area (Å²) in [5.74, 6) is 1.03. The smallest absolute Gasteiger partial charge is 0.267 e.